The highest BCUT2D eigenvalue weighted by Gasteiger charge is 2.15. The summed E-state index contributed by atoms with van der Waals surface area (Å²) in [6.07, 6.45) is 0.845. The summed E-state index contributed by atoms with van der Waals surface area (Å²) >= 11 is 0. The number of aromatic nitrogens is 3. The van der Waals surface area contributed by atoms with E-state index in [-0.39, 0.29) is 5.91 Å². The molecule has 4 aromatic carbocycles. The van der Waals surface area contributed by atoms with Crippen molar-refractivity contribution in [1.82, 2.24) is 19.9 Å². The van der Waals surface area contributed by atoms with Crippen molar-refractivity contribution in [3.8, 4) is 22.3 Å². The van der Waals surface area contributed by atoms with Gasteiger partial charge in [0.05, 0.1) is 6.54 Å². The molecule has 0 bridgehead atoms. The number of amides is 1. The number of rotatable bonds is 8. The number of hydrogen-bond donors (Lipinski definition) is 1. The van der Waals surface area contributed by atoms with E-state index in [1.165, 1.54) is 5.56 Å². The minimum atomic E-state index is -0.0811. The van der Waals surface area contributed by atoms with E-state index in [1.54, 1.807) is 0 Å². The number of fused-ring (bicyclic) bond motifs is 1. The van der Waals surface area contributed by atoms with Crippen molar-refractivity contribution in [3.63, 3.8) is 0 Å². The van der Waals surface area contributed by atoms with E-state index >= 15 is 0 Å². The molecule has 0 fully saturated rings. The van der Waals surface area contributed by atoms with Crippen molar-refractivity contribution in [2.24, 2.45) is 0 Å². The first-order valence-corrected chi connectivity index (χ1v) is 14.4. The fourth-order valence-corrected chi connectivity index (χ4v) is 5.53. The van der Waals surface area contributed by atoms with E-state index in [9.17, 15) is 4.79 Å². The zero-order valence-corrected chi connectivity index (χ0v) is 24.3. The molecule has 0 aliphatic carbocycles. The zero-order chi connectivity index (χ0) is 29.1. The van der Waals surface area contributed by atoms with Gasteiger partial charge in [-0.3, -0.25) is 4.79 Å². The van der Waals surface area contributed by atoms with Gasteiger partial charge >= 0.3 is 0 Å². The second-order valence-electron chi connectivity index (χ2n) is 10.7. The Kier molecular flexibility index (Phi) is 7.65. The molecule has 0 spiro atoms. The molecule has 0 saturated heterocycles. The number of aryl methyl sites for hydroxylation is 3. The van der Waals surface area contributed by atoms with Crippen LogP contribution in [0.2, 0.25) is 0 Å². The van der Waals surface area contributed by atoms with Crippen LogP contribution in [0.4, 0.5) is 0 Å². The molecule has 6 rings (SSSR count). The van der Waals surface area contributed by atoms with E-state index in [0.717, 1.165) is 62.5 Å². The Morgan fingerprint density at radius 3 is 2.17 bits per heavy atom. The zero-order valence-electron chi connectivity index (χ0n) is 24.3. The SMILES string of the molecule is CCc1nc2c(C)cc(C)nc2n1Cc1ccc(-c2cc(-c3ccccc3)ccc2CNC(=O)c2ccccc2)cc1. The van der Waals surface area contributed by atoms with Crippen molar-refractivity contribution in [2.45, 2.75) is 40.3 Å². The van der Waals surface area contributed by atoms with Crippen molar-refractivity contribution in [2.75, 3.05) is 0 Å². The van der Waals surface area contributed by atoms with Gasteiger partial charge in [-0.15, -0.1) is 0 Å². The second kappa shape index (κ2) is 11.8. The van der Waals surface area contributed by atoms with Crippen LogP contribution in [0.3, 0.4) is 0 Å². The molecule has 2 heterocycles. The Morgan fingerprint density at radius 2 is 1.45 bits per heavy atom. The van der Waals surface area contributed by atoms with Gasteiger partial charge in [0, 0.05) is 24.2 Å². The first-order valence-electron chi connectivity index (χ1n) is 14.4. The van der Waals surface area contributed by atoms with Gasteiger partial charge in [0.15, 0.2) is 5.65 Å². The van der Waals surface area contributed by atoms with Crippen molar-refractivity contribution >= 4 is 17.1 Å². The summed E-state index contributed by atoms with van der Waals surface area (Å²) in [6, 6.07) is 37.0. The molecule has 42 heavy (non-hydrogen) atoms. The average Bonchev–Trinajstić information content (AvgIpc) is 3.38. The summed E-state index contributed by atoms with van der Waals surface area (Å²) in [5, 5.41) is 3.11. The van der Waals surface area contributed by atoms with Crippen LogP contribution < -0.4 is 5.32 Å². The Balaban J connectivity index is 1.32. The molecule has 0 atom stereocenters. The van der Waals surface area contributed by atoms with Crippen LogP contribution in [0, 0.1) is 13.8 Å². The summed E-state index contributed by atoms with van der Waals surface area (Å²) < 4.78 is 2.24. The largest absolute Gasteiger partial charge is 0.348 e. The van der Waals surface area contributed by atoms with Gasteiger partial charge < -0.3 is 9.88 Å². The highest BCUT2D eigenvalue weighted by atomic mass is 16.1. The maximum Gasteiger partial charge on any atom is 0.251 e. The minimum absolute atomic E-state index is 0.0811. The van der Waals surface area contributed by atoms with Crippen LogP contribution in [0.25, 0.3) is 33.4 Å². The minimum Gasteiger partial charge on any atom is -0.348 e. The predicted molar refractivity (Wildman–Crippen MR) is 170 cm³/mol. The van der Waals surface area contributed by atoms with E-state index in [4.69, 9.17) is 9.97 Å². The third-order valence-electron chi connectivity index (χ3n) is 7.72. The maximum absolute atomic E-state index is 12.8. The summed E-state index contributed by atoms with van der Waals surface area (Å²) in [7, 11) is 0. The normalized spacial score (nSPS) is 11.1. The molecule has 0 radical (unpaired) electrons. The van der Waals surface area contributed by atoms with Gasteiger partial charge in [0.1, 0.15) is 11.3 Å². The van der Waals surface area contributed by atoms with Crippen LogP contribution >= 0.6 is 0 Å². The average molecular weight is 551 g/mol. The summed E-state index contributed by atoms with van der Waals surface area (Å²) in [5.74, 6) is 0.963. The molecule has 2 aromatic heterocycles. The van der Waals surface area contributed by atoms with Crippen molar-refractivity contribution in [3.05, 3.63) is 143 Å². The highest BCUT2D eigenvalue weighted by Crippen LogP contribution is 2.31. The highest BCUT2D eigenvalue weighted by molar-refractivity contribution is 5.94. The molecular formula is C37H34N4O. The molecule has 0 saturated carbocycles. The molecule has 5 heteroatoms. The molecule has 0 aliphatic rings. The number of benzene rings is 4. The van der Waals surface area contributed by atoms with Gasteiger partial charge in [0.25, 0.3) is 5.91 Å². The Hall–Kier alpha value is -5.03. The number of pyridine rings is 1. The van der Waals surface area contributed by atoms with Gasteiger partial charge in [-0.05, 0) is 77.1 Å². The number of imidazole rings is 1. The third-order valence-corrected chi connectivity index (χ3v) is 7.72. The molecular weight excluding hydrogens is 516 g/mol. The molecule has 0 unspecified atom stereocenters. The van der Waals surface area contributed by atoms with Gasteiger partial charge in [-0.25, -0.2) is 9.97 Å². The lowest BCUT2D eigenvalue weighted by Crippen LogP contribution is -2.23. The van der Waals surface area contributed by atoms with Crippen LogP contribution in [0.15, 0.2) is 109 Å². The lowest BCUT2D eigenvalue weighted by molar-refractivity contribution is 0.0951. The van der Waals surface area contributed by atoms with E-state index in [1.807, 2.05) is 43.3 Å². The van der Waals surface area contributed by atoms with Crippen LogP contribution in [-0.4, -0.2) is 20.4 Å². The van der Waals surface area contributed by atoms with Gasteiger partial charge in [-0.1, -0.05) is 91.9 Å². The molecule has 0 aliphatic heterocycles. The predicted octanol–water partition coefficient (Wildman–Crippen LogP) is 7.92. The van der Waals surface area contributed by atoms with E-state index in [2.05, 4.69) is 96.5 Å². The molecule has 6 aromatic rings. The van der Waals surface area contributed by atoms with Crippen molar-refractivity contribution in [1.29, 1.82) is 0 Å². The Morgan fingerprint density at radius 1 is 0.762 bits per heavy atom. The summed E-state index contributed by atoms with van der Waals surface area (Å²) in [6.45, 7) is 7.42. The van der Waals surface area contributed by atoms with Crippen LogP contribution in [0.5, 0.6) is 0 Å². The number of nitrogens with one attached hydrogen (secondary N) is 1. The topological polar surface area (TPSA) is 59.8 Å². The number of carbonyl (C=O) groups excluding carboxylic acids is 1. The Labute approximate surface area is 246 Å². The van der Waals surface area contributed by atoms with E-state index in [0.29, 0.717) is 18.7 Å². The maximum atomic E-state index is 12.8. The smallest absolute Gasteiger partial charge is 0.251 e. The van der Waals surface area contributed by atoms with Gasteiger partial charge in [0.2, 0.25) is 0 Å². The number of carbonyl (C=O) groups is 1. The summed E-state index contributed by atoms with van der Waals surface area (Å²) in [5.41, 5.74) is 11.5. The standard InChI is InChI=1S/C37H34N4O/c1-4-34-40-35-25(2)21-26(3)39-36(35)41(34)24-27-15-17-29(18-16-27)33-22-31(28-11-7-5-8-12-28)19-20-32(33)23-38-37(42)30-13-9-6-10-14-30/h5-22H,4,23-24H2,1-3H3,(H,38,42). The lowest BCUT2D eigenvalue weighted by Gasteiger charge is -2.15. The molecule has 5 nitrogen and oxygen atoms in total. The second-order valence-corrected chi connectivity index (χ2v) is 10.7. The van der Waals surface area contributed by atoms with Crippen LogP contribution in [0.1, 0.15) is 45.5 Å². The summed E-state index contributed by atoms with van der Waals surface area (Å²) in [4.78, 5) is 22.6. The third kappa shape index (κ3) is 5.59. The van der Waals surface area contributed by atoms with Crippen molar-refractivity contribution < 1.29 is 4.79 Å². The lowest BCUT2D eigenvalue weighted by atomic mass is 9.94. The number of hydrogen-bond acceptors (Lipinski definition) is 3. The van der Waals surface area contributed by atoms with Crippen LogP contribution in [-0.2, 0) is 19.5 Å². The molecule has 1 N–H and O–H groups in total. The monoisotopic (exact) mass is 550 g/mol. The van der Waals surface area contributed by atoms with E-state index < -0.39 is 0 Å². The fourth-order valence-electron chi connectivity index (χ4n) is 5.53. The quantitative estimate of drug-likeness (QED) is 0.209. The first-order chi connectivity index (χ1) is 20.5. The van der Waals surface area contributed by atoms with Gasteiger partial charge in [-0.2, -0.15) is 0 Å². The first kappa shape index (κ1) is 27.2. The molecule has 208 valence electrons. The fraction of sp³-hybridized carbons (Fsp3) is 0.162. The molecule has 1 amide bonds. The Bertz CT molecular complexity index is 1860. The number of nitrogens with zero attached hydrogens (tertiary/aromatic N) is 3.